The highest BCUT2D eigenvalue weighted by Crippen LogP contribution is 2.19. The zero-order valence-corrected chi connectivity index (χ0v) is 10.9. The van der Waals surface area contributed by atoms with Crippen LogP contribution in [-0.2, 0) is 11.2 Å². The molecule has 0 atom stereocenters. The molecule has 0 saturated heterocycles. The van der Waals surface area contributed by atoms with E-state index in [-0.39, 0.29) is 5.91 Å². The van der Waals surface area contributed by atoms with E-state index in [0.29, 0.717) is 26.0 Å². The maximum absolute atomic E-state index is 11.6. The van der Waals surface area contributed by atoms with Crippen LogP contribution < -0.4 is 10.1 Å². The fraction of sp³-hybridized carbons (Fsp3) is 0.400. The predicted molar refractivity (Wildman–Crippen MR) is 73.8 cm³/mol. The lowest BCUT2D eigenvalue weighted by atomic mass is 10.1. The standard InChI is InChI=1S/C15H21NO2/c1-3-5-12-16-15(17)11-10-13-8-6-7-9-14(13)18-4-2/h3,6-9H,1,4-5,10-12H2,2H3,(H,16,17). The molecule has 0 bridgehead atoms. The number of hydrogen-bond donors (Lipinski definition) is 1. The van der Waals surface area contributed by atoms with E-state index in [2.05, 4.69) is 11.9 Å². The van der Waals surface area contributed by atoms with Crippen LogP contribution in [0.1, 0.15) is 25.3 Å². The van der Waals surface area contributed by atoms with Crippen LogP contribution in [-0.4, -0.2) is 19.1 Å². The van der Waals surface area contributed by atoms with E-state index in [4.69, 9.17) is 4.74 Å². The first-order valence-corrected chi connectivity index (χ1v) is 6.36. The van der Waals surface area contributed by atoms with Crippen LogP contribution in [0.15, 0.2) is 36.9 Å². The Hall–Kier alpha value is -1.77. The minimum atomic E-state index is 0.0724. The van der Waals surface area contributed by atoms with Crippen LogP contribution in [0.5, 0.6) is 5.75 Å². The Balaban J connectivity index is 2.42. The Bertz CT molecular complexity index is 388. The van der Waals surface area contributed by atoms with Gasteiger partial charge in [-0.1, -0.05) is 24.3 Å². The van der Waals surface area contributed by atoms with E-state index in [0.717, 1.165) is 17.7 Å². The molecule has 3 heteroatoms. The molecule has 1 rings (SSSR count). The second-order valence-corrected chi connectivity index (χ2v) is 3.97. The second-order valence-electron chi connectivity index (χ2n) is 3.97. The average Bonchev–Trinajstić information content (AvgIpc) is 2.38. The van der Waals surface area contributed by atoms with Crippen molar-refractivity contribution in [3.63, 3.8) is 0 Å². The quantitative estimate of drug-likeness (QED) is 0.566. The summed E-state index contributed by atoms with van der Waals surface area (Å²) in [6, 6.07) is 7.85. The maximum atomic E-state index is 11.6. The number of para-hydroxylation sites is 1. The Kier molecular flexibility index (Phi) is 6.62. The minimum absolute atomic E-state index is 0.0724. The third-order valence-corrected chi connectivity index (χ3v) is 2.56. The normalized spacial score (nSPS) is 9.83. The van der Waals surface area contributed by atoms with Gasteiger partial charge in [0.2, 0.25) is 5.91 Å². The molecule has 1 aromatic carbocycles. The Morgan fingerprint density at radius 3 is 2.94 bits per heavy atom. The van der Waals surface area contributed by atoms with Crippen molar-refractivity contribution in [2.24, 2.45) is 0 Å². The number of carbonyl (C=O) groups excluding carboxylic acids is 1. The number of carbonyl (C=O) groups is 1. The second kappa shape index (κ2) is 8.34. The molecule has 1 aromatic rings. The summed E-state index contributed by atoms with van der Waals surface area (Å²) in [5, 5.41) is 2.85. The van der Waals surface area contributed by atoms with Crippen LogP contribution in [0.3, 0.4) is 0 Å². The van der Waals surface area contributed by atoms with Crippen molar-refractivity contribution in [1.82, 2.24) is 5.32 Å². The summed E-state index contributed by atoms with van der Waals surface area (Å²) in [5.41, 5.74) is 1.08. The number of benzene rings is 1. The average molecular weight is 247 g/mol. The molecule has 0 unspecified atom stereocenters. The van der Waals surface area contributed by atoms with Crippen LogP contribution in [0.2, 0.25) is 0 Å². The van der Waals surface area contributed by atoms with E-state index in [1.807, 2.05) is 31.2 Å². The predicted octanol–water partition coefficient (Wildman–Crippen LogP) is 2.71. The molecular weight excluding hydrogens is 226 g/mol. The lowest BCUT2D eigenvalue weighted by Gasteiger charge is -2.09. The summed E-state index contributed by atoms with van der Waals surface area (Å²) >= 11 is 0. The van der Waals surface area contributed by atoms with E-state index >= 15 is 0 Å². The van der Waals surface area contributed by atoms with Gasteiger partial charge in [0.1, 0.15) is 5.75 Å². The lowest BCUT2D eigenvalue weighted by molar-refractivity contribution is -0.121. The van der Waals surface area contributed by atoms with E-state index in [9.17, 15) is 4.79 Å². The molecule has 1 amide bonds. The molecule has 0 aromatic heterocycles. The summed E-state index contributed by atoms with van der Waals surface area (Å²) in [4.78, 5) is 11.6. The van der Waals surface area contributed by atoms with Crippen molar-refractivity contribution in [1.29, 1.82) is 0 Å². The highest BCUT2D eigenvalue weighted by molar-refractivity contribution is 5.76. The Morgan fingerprint density at radius 1 is 1.44 bits per heavy atom. The molecule has 98 valence electrons. The maximum Gasteiger partial charge on any atom is 0.220 e. The molecule has 0 aliphatic carbocycles. The van der Waals surface area contributed by atoms with Crippen molar-refractivity contribution in [2.75, 3.05) is 13.2 Å². The first kappa shape index (κ1) is 14.3. The Morgan fingerprint density at radius 2 is 2.22 bits per heavy atom. The summed E-state index contributed by atoms with van der Waals surface area (Å²) in [6.45, 7) is 6.88. The van der Waals surface area contributed by atoms with Crippen molar-refractivity contribution in [3.8, 4) is 5.75 Å². The molecule has 0 fully saturated rings. The Labute approximate surface area is 109 Å². The van der Waals surface area contributed by atoms with E-state index in [1.54, 1.807) is 6.08 Å². The van der Waals surface area contributed by atoms with Gasteiger partial charge in [0.15, 0.2) is 0 Å². The molecule has 0 aliphatic heterocycles. The molecule has 0 aliphatic rings. The number of ether oxygens (including phenoxy) is 1. The van der Waals surface area contributed by atoms with Crippen molar-refractivity contribution in [3.05, 3.63) is 42.5 Å². The van der Waals surface area contributed by atoms with Gasteiger partial charge in [-0.15, -0.1) is 6.58 Å². The van der Waals surface area contributed by atoms with Gasteiger partial charge < -0.3 is 10.1 Å². The minimum Gasteiger partial charge on any atom is -0.494 e. The monoisotopic (exact) mass is 247 g/mol. The van der Waals surface area contributed by atoms with Gasteiger partial charge in [-0.2, -0.15) is 0 Å². The lowest BCUT2D eigenvalue weighted by Crippen LogP contribution is -2.24. The topological polar surface area (TPSA) is 38.3 Å². The van der Waals surface area contributed by atoms with Crippen LogP contribution >= 0.6 is 0 Å². The molecule has 0 spiro atoms. The van der Waals surface area contributed by atoms with E-state index in [1.165, 1.54) is 0 Å². The van der Waals surface area contributed by atoms with Crippen molar-refractivity contribution < 1.29 is 9.53 Å². The SMILES string of the molecule is C=CCCNC(=O)CCc1ccccc1OCC. The molecule has 0 heterocycles. The summed E-state index contributed by atoms with van der Waals surface area (Å²) in [7, 11) is 0. The summed E-state index contributed by atoms with van der Waals surface area (Å²) in [5.74, 6) is 0.946. The number of rotatable bonds is 8. The fourth-order valence-electron chi connectivity index (χ4n) is 1.66. The molecule has 0 radical (unpaired) electrons. The molecule has 1 N–H and O–H groups in total. The van der Waals surface area contributed by atoms with Crippen LogP contribution in [0.25, 0.3) is 0 Å². The van der Waals surface area contributed by atoms with Crippen molar-refractivity contribution in [2.45, 2.75) is 26.2 Å². The highest BCUT2D eigenvalue weighted by atomic mass is 16.5. The molecule has 3 nitrogen and oxygen atoms in total. The largest absolute Gasteiger partial charge is 0.494 e. The number of aryl methyl sites for hydroxylation is 1. The number of amides is 1. The van der Waals surface area contributed by atoms with Gasteiger partial charge in [-0.05, 0) is 31.4 Å². The van der Waals surface area contributed by atoms with Gasteiger partial charge in [0.05, 0.1) is 6.61 Å². The van der Waals surface area contributed by atoms with E-state index < -0.39 is 0 Å². The first-order chi connectivity index (χ1) is 8.77. The molecule has 18 heavy (non-hydrogen) atoms. The van der Waals surface area contributed by atoms with Gasteiger partial charge in [0.25, 0.3) is 0 Å². The van der Waals surface area contributed by atoms with Gasteiger partial charge in [-0.25, -0.2) is 0 Å². The summed E-state index contributed by atoms with van der Waals surface area (Å²) < 4.78 is 5.52. The van der Waals surface area contributed by atoms with Gasteiger partial charge >= 0.3 is 0 Å². The number of nitrogens with one attached hydrogen (secondary N) is 1. The highest BCUT2D eigenvalue weighted by Gasteiger charge is 2.05. The smallest absolute Gasteiger partial charge is 0.220 e. The molecular formula is C15H21NO2. The fourth-order valence-corrected chi connectivity index (χ4v) is 1.66. The third-order valence-electron chi connectivity index (χ3n) is 2.56. The number of hydrogen-bond acceptors (Lipinski definition) is 2. The van der Waals surface area contributed by atoms with Gasteiger partial charge in [0, 0.05) is 13.0 Å². The summed E-state index contributed by atoms with van der Waals surface area (Å²) in [6.07, 6.45) is 3.79. The molecule has 0 saturated carbocycles. The van der Waals surface area contributed by atoms with Crippen molar-refractivity contribution >= 4 is 5.91 Å². The zero-order valence-electron chi connectivity index (χ0n) is 10.9. The first-order valence-electron chi connectivity index (χ1n) is 6.36. The van der Waals surface area contributed by atoms with Crippen LogP contribution in [0.4, 0.5) is 0 Å². The third kappa shape index (κ3) is 5.04. The zero-order chi connectivity index (χ0) is 13.2. The van der Waals surface area contributed by atoms with Crippen LogP contribution in [0, 0.1) is 0 Å². The van der Waals surface area contributed by atoms with Gasteiger partial charge in [-0.3, -0.25) is 4.79 Å².